The predicted molar refractivity (Wildman–Crippen MR) is 247 cm³/mol. The lowest BCUT2D eigenvalue weighted by atomic mass is 9.85. The first-order chi connectivity index (χ1) is 30.6. The largest absolute Gasteiger partial charge is 0.506 e. The lowest BCUT2D eigenvalue weighted by molar-refractivity contribution is -0.164. The topological polar surface area (TPSA) is 152 Å². The quantitative estimate of drug-likeness (QED) is 0.0450. The minimum atomic E-state index is -2.00. The van der Waals surface area contributed by atoms with E-state index < -0.39 is 17.7 Å². The van der Waals surface area contributed by atoms with E-state index in [0.29, 0.717) is 47.0 Å². The molecular formula is C52H51N3O7S. The number of hydrogen-bond donors (Lipinski definition) is 5. The fourth-order valence-electron chi connectivity index (χ4n) is 8.32. The highest BCUT2D eigenvalue weighted by Crippen LogP contribution is 2.36. The zero-order valence-electron chi connectivity index (χ0n) is 34.9. The smallest absolute Gasteiger partial charge is 0.347 e. The van der Waals surface area contributed by atoms with Crippen LogP contribution in [0.1, 0.15) is 68.4 Å². The number of thiophene rings is 1. The van der Waals surface area contributed by atoms with Crippen LogP contribution in [0.3, 0.4) is 0 Å². The van der Waals surface area contributed by atoms with E-state index in [1.54, 1.807) is 53.8 Å². The molecule has 0 amide bonds. The fourth-order valence-corrected chi connectivity index (χ4v) is 9.22. The molecule has 1 fully saturated rings. The third-order valence-corrected chi connectivity index (χ3v) is 13.0. The molecule has 0 unspecified atom stereocenters. The van der Waals surface area contributed by atoms with Crippen LogP contribution < -0.4 is 10.9 Å². The van der Waals surface area contributed by atoms with Gasteiger partial charge >= 0.3 is 5.97 Å². The number of nitrogens with zero attached hydrogens (tertiary/aromatic N) is 1. The number of pyridine rings is 1. The molecule has 1 saturated heterocycles. The molecule has 5 N–H and O–H groups in total. The van der Waals surface area contributed by atoms with Crippen molar-refractivity contribution in [3.63, 3.8) is 0 Å². The first-order valence-electron chi connectivity index (χ1n) is 21.4. The van der Waals surface area contributed by atoms with Gasteiger partial charge in [-0.15, -0.1) is 11.3 Å². The highest BCUT2D eigenvalue weighted by atomic mass is 32.1. The van der Waals surface area contributed by atoms with Crippen molar-refractivity contribution < 1.29 is 29.6 Å². The first kappa shape index (κ1) is 43.4. The minimum Gasteiger partial charge on any atom is -0.506 e. The number of benzene rings is 5. The molecule has 1 aliphatic heterocycles. The SMILES string of the molecule is O=C(CCc1cc(-c2cccc([C@](O)(C(=O)OCC3CCN(Cc4ccccc4)CC3)c3ccccc3)c2)cs1)c1ccc(CNC[C@H](O)c2ccc(O)c3[nH]c(=O)ccc23)cc1. The van der Waals surface area contributed by atoms with Crippen molar-refractivity contribution in [1.29, 1.82) is 0 Å². The number of rotatable bonds is 17. The van der Waals surface area contributed by atoms with E-state index in [4.69, 9.17) is 4.74 Å². The van der Waals surface area contributed by atoms with E-state index >= 15 is 0 Å². The number of H-pyrrole nitrogens is 1. The number of fused-ring (bicyclic) bond motifs is 1. The average Bonchev–Trinajstić information content (AvgIpc) is 3.80. The number of Topliss-reactive ketones (excluding diaryl/α,β-unsaturated/α-hetero) is 1. The Morgan fingerprint density at radius 3 is 2.32 bits per heavy atom. The number of esters is 1. The van der Waals surface area contributed by atoms with Crippen molar-refractivity contribution >= 4 is 34.0 Å². The van der Waals surface area contributed by atoms with Crippen LogP contribution in [0.15, 0.2) is 150 Å². The summed E-state index contributed by atoms with van der Waals surface area (Å²) < 4.78 is 5.95. The zero-order chi connectivity index (χ0) is 43.8. The predicted octanol–water partition coefficient (Wildman–Crippen LogP) is 8.29. The van der Waals surface area contributed by atoms with E-state index in [2.05, 4.69) is 45.5 Å². The molecule has 322 valence electrons. The van der Waals surface area contributed by atoms with Gasteiger partial charge in [0.2, 0.25) is 11.2 Å². The summed E-state index contributed by atoms with van der Waals surface area (Å²) in [6, 6.07) is 42.4. The van der Waals surface area contributed by atoms with Crippen LogP contribution >= 0.6 is 11.3 Å². The van der Waals surface area contributed by atoms with Crippen molar-refractivity contribution in [1.82, 2.24) is 15.2 Å². The van der Waals surface area contributed by atoms with Gasteiger partial charge in [0.05, 0.1) is 18.2 Å². The number of phenols is 1. The third-order valence-electron chi connectivity index (χ3n) is 12.0. The van der Waals surface area contributed by atoms with E-state index in [0.717, 1.165) is 54.0 Å². The molecule has 3 heterocycles. The number of aromatic amines is 1. The number of aliphatic hydroxyl groups excluding tert-OH is 1. The number of likely N-dealkylation sites (tertiary alicyclic amines) is 1. The normalized spacial score (nSPS) is 14.9. The van der Waals surface area contributed by atoms with Crippen molar-refractivity contribution in [3.8, 4) is 16.9 Å². The maximum absolute atomic E-state index is 14.0. The number of aryl methyl sites for hydroxylation is 1. The highest BCUT2D eigenvalue weighted by molar-refractivity contribution is 7.10. The first-order valence-corrected chi connectivity index (χ1v) is 22.3. The third kappa shape index (κ3) is 10.4. The van der Waals surface area contributed by atoms with Crippen molar-refractivity contribution in [2.24, 2.45) is 5.92 Å². The van der Waals surface area contributed by atoms with Crippen LogP contribution in [0.4, 0.5) is 0 Å². The lowest BCUT2D eigenvalue weighted by Crippen LogP contribution is -2.40. The van der Waals surface area contributed by atoms with Gasteiger partial charge in [-0.1, -0.05) is 109 Å². The number of carbonyl (C=O) groups is 2. The molecule has 0 radical (unpaired) electrons. The molecule has 63 heavy (non-hydrogen) atoms. The van der Waals surface area contributed by atoms with Gasteiger partial charge < -0.3 is 30.4 Å². The molecule has 1 aliphatic rings. The van der Waals surface area contributed by atoms with Gasteiger partial charge in [-0.3, -0.25) is 14.5 Å². The number of carbonyl (C=O) groups excluding carboxylic acids is 2. The summed E-state index contributed by atoms with van der Waals surface area (Å²) in [6.45, 7) is 3.71. The van der Waals surface area contributed by atoms with Crippen LogP contribution in [0.25, 0.3) is 22.0 Å². The van der Waals surface area contributed by atoms with Gasteiger partial charge in [0.15, 0.2) is 5.78 Å². The summed E-state index contributed by atoms with van der Waals surface area (Å²) in [5, 5.41) is 39.2. The maximum atomic E-state index is 14.0. The Morgan fingerprint density at radius 1 is 0.825 bits per heavy atom. The van der Waals surface area contributed by atoms with Crippen LogP contribution in [-0.4, -0.2) is 63.2 Å². The molecule has 8 rings (SSSR count). The molecule has 10 nitrogen and oxygen atoms in total. The Balaban J connectivity index is 0.848. The van der Waals surface area contributed by atoms with Crippen molar-refractivity contribution in [2.75, 3.05) is 26.2 Å². The second-order valence-electron chi connectivity index (χ2n) is 16.3. The number of nitrogens with one attached hydrogen (secondary N) is 2. The van der Waals surface area contributed by atoms with E-state index in [-0.39, 0.29) is 41.7 Å². The number of aromatic hydroxyl groups is 1. The molecule has 0 bridgehead atoms. The van der Waals surface area contributed by atoms with Crippen LogP contribution in [0.5, 0.6) is 5.75 Å². The molecular weight excluding hydrogens is 811 g/mol. The van der Waals surface area contributed by atoms with Gasteiger partial charge in [-0.25, -0.2) is 4.79 Å². The monoisotopic (exact) mass is 861 g/mol. The maximum Gasteiger partial charge on any atom is 0.347 e. The second kappa shape index (κ2) is 19.9. The number of aliphatic hydroxyl groups is 2. The Kier molecular flexibility index (Phi) is 13.7. The van der Waals surface area contributed by atoms with E-state index in [1.165, 1.54) is 17.7 Å². The number of aromatic nitrogens is 1. The Hall–Kier alpha value is -6.21. The summed E-state index contributed by atoms with van der Waals surface area (Å²) >= 11 is 1.57. The summed E-state index contributed by atoms with van der Waals surface area (Å²) in [5.74, 6) is -0.503. The standard InChI is InChI=1S/C52H51N3O7S/c56-46(38-16-14-35(15-17-38)30-53-31-48(58)44-19-22-47(57)50-45(44)20-23-49(59)54-50)21-18-43-29-40(34-63-43)39-10-7-13-42(28-39)52(61,41-11-5-2-6-12-41)51(60)62-33-37-24-26-55(27-25-37)32-36-8-3-1-4-9-36/h1-17,19-20,22-23,28-29,34,37,48,53,57-58,61H,18,21,24-27,30-33H2,(H,54,59)/t48-,52-/m0/s1. The molecule has 0 aliphatic carbocycles. The van der Waals surface area contributed by atoms with E-state index in [9.17, 15) is 29.7 Å². The lowest BCUT2D eigenvalue weighted by Gasteiger charge is -2.33. The molecule has 11 heteroatoms. The molecule has 0 saturated carbocycles. The Morgan fingerprint density at radius 2 is 1.56 bits per heavy atom. The molecule has 2 aromatic heterocycles. The summed E-state index contributed by atoms with van der Waals surface area (Å²) in [5.41, 5.74) is 4.04. The minimum absolute atomic E-state index is 0.0308. The Bertz CT molecular complexity index is 2710. The molecule has 7 aromatic rings. The van der Waals surface area contributed by atoms with Gasteiger partial charge in [-0.2, -0.15) is 0 Å². The molecule has 5 aromatic carbocycles. The van der Waals surface area contributed by atoms with Crippen molar-refractivity contribution in [2.45, 2.75) is 50.5 Å². The average molecular weight is 862 g/mol. The molecule has 2 atom stereocenters. The van der Waals surface area contributed by atoms with Crippen LogP contribution in [-0.2, 0) is 34.6 Å². The van der Waals surface area contributed by atoms with Gasteiger partial charge in [0.25, 0.3) is 0 Å². The second-order valence-corrected chi connectivity index (χ2v) is 17.3. The summed E-state index contributed by atoms with van der Waals surface area (Å²) in [7, 11) is 0. The number of ether oxygens (including phenoxy) is 1. The highest BCUT2D eigenvalue weighted by Gasteiger charge is 2.42. The number of piperidine rings is 1. The number of ketones is 1. The van der Waals surface area contributed by atoms with Gasteiger partial charge in [0, 0.05) is 53.5 Å². The Labute approximate surface area is 370 Å². The van der Waals surface area contributed by atoms with Crippen LogP contribution in [0, 0.1) is 5.92 Å². The van der Waals surface area contributed by atoms with Gasteiger partial charge in [-0.05, 0) is 101 Å². The number of hydrogen-bond acceptors (Lipinski definition) is 10. The van der Waals surface area contributed by atoms with Gasteiger partial charge in [0.1, 0.15) is 5.75 Å². The fraction of sp³-hybridized carbons (Fsp3) is 0.250. The van der Waals surface area contributed by atoms with Crippen molar-refractivity contribution in [3.05, 3.63) is 194 Å². The van der Waals surface area contributed by atoms with Crippen LogP contribution in [0.2, 0.25) is 0 Å². The summed E-state index contributed by atoms with van der Waals surface area (Å²) in [6.07, 6.45) is 1.85. The number of phenolic OH excluding ortho intramolecular Hbond substituents is 1. The van der Waals surface area contributed by atoms with E-state index in [1.807, 2.05) is 60.0 Å². The molecule has 0 spiro atoms. The zero-order valence-corrected chi connectivity index (χ0v) is 35.7. The summed E-state index contributed by atoms with van der Waals surface area (Å²) in [4.78, 5) is 45.1.